The maximum absolute atomic E-state index is 5.46. The summed E-state index contributed by atoms with van der Waals surface area (Å²) in [5, 5.41) is 0. The summed E-state index contributed by atoms with van der Waals surface area (Å²) in [7, 11) is 3.27. The van der Waals surface area contributed by atoms with E-state index >= 15 is 0 Å². The molecule has 0 fully saturated rings. The fourth-order valence-electron chi connectivity index (χ4n) is 2.39. The smallest absolute Gasteiger partial charge is 0.182 e. The Morgan fingerprint density at radius 3 is 2.29 bits per heavy atom. The highest BCUT2D eigenvalue weighted by Gasteiger charge is 2.09. The molecule has 0 unspecified atom stereocenters. The van der Waals surface area contributed by atoms with Gasteiger partial charge in [-0.25, -0.2) is 0 Å². The standard InChI is InChI=1S/C16H16N2O2S/c1-10-4-5-14-15(6-10)18(16(21)17-14)11-7-12(19-2)9-13(8-11)20-3/h4-9H,1-3H3,(H,17,21). The molecule has 2 aromatic carbocycles. The van der Waals surface area contributed by atoms with Crippen LogP contribution in [0.5, 0.6) is 11.5 Å². The molecular weight excluding hydrogens is 284 g/mol. The number of aryl methyl sites for hydroxylation is 1. The second-order valence-electron chi connectivity index (χ2n) is 4.86. The summed E-state index contributed by atoms with van der Waals surface area (Å²) >= 11 is 5.46. The van der Waals surface area contributed by atoms with Crippen LogP contribution in [0.2, 0.25) is 0 Å². The van der Waals surface area contributed by atoms with Gasteiger partial charge in [-0.3, -0.25) is 4.57 Å². The summed E-state index contributed by atoms with van der Waals surface area (Å²) in [5.74, 6) is 1.46. The van der Waals surface area contributed by atoms with E-state index in [2.05, 4.69) is 24.0 Å². The van der Waals surface area contributed by atoms with Crippen molar-refractivity contribution in [3.63, 3.8) is 0 Å². The Balaban J connectivity index is 2.31. The first-order valence-electron chi connectivity index (χ1n) is 6.57. The van der Waals surface area contributed by atoms with Crippen molar-refractivity contribution in [3.8, 4) is 17.2 Å². The van der Waals surface area contributed by atoms with Crippen LogP contribution < -0.4 is 9.47 Å². The van der Waals surface area contributed by atoms with Crippen molar-refractivity contribution in [2.75, 3.05) is 14.2 Å². The first-order valence-corrected chi connectivity index (χ1v) is 6.98. The third-order valence-electron chi connectivity index (χ3n) is 3.43. The van der Waals surface area contributed by atoms with Gasteiger partial charge >= 0.3 is 0 Å². The van der Waals surface area contributed by atoms with Gasteiger partial charge in [-0.2, -0.15) is 0 Å². The molecule has 0 atom stereocenters. The van der Waals surface area contributed by atoms with Crippen LogP contribution in [0, 0.1) is 11.7 Å². The minimum Gasteiger partial charge on any atom is -0.497 e. The maximum atomic E-state index is 5.46. The molecule has 108 valence electrons. The van der Waals surface area contributed by atoms with E-state index in [0.29, 0.717) is 4.77 Å². The summed E-state index contributed by atoms with van der Waals surface area (Å²) in [5.41, 5.74) is 4.14. The van der Waals surface area contributed by atoms with Gasteiger partial charge in [0, 0.05) is 18.2 Å². The summed E-state index contributed by atoms with van der Waals surface area (Å²) in [4.78, 5) is 3.22. The molecule has 0 spiro atoms. The van der Waals surface area contributed by atoms with E-state index in [4.69, 9.17) is 21.7 Å². The van der Waals surface area contributed by atoms with E-state index < -0.39 is 0 Å². The Morgan fingerprint density at radius 2 is 1.67 bits per heavy atom. The second kappa shape index (κ2) is 5.26. The van der Waals surface area contributed by atoms with E-state index in [-0.39, 0.29) is 0 Å². The van der Waals surface area contributed by atoms with Crippen LogP contribution in [0.15, 0.2) is 36.4 Å². The Morgan fingerprint density at radius 1 is 1.00 bits per heavy atom. The van der Waals surface area contributed by atoms with Gasteiger partial charge in [0.2, 0.25) is 0 Å². The predicted octanol–water partition coefficient (Wildman–Crippen LogP) is 4.01. The Bertz CT molecular complexity index is 842. The second-order valence-corrected chi connectivity index (χ2v) is 5.24. The van der Waals surface area contributed by atoms with Crippen LogP contribution in [0.1, 0.15) is 5.56 Å². The largest absolute Gasteiger partial charge is 0.497 e. The SMILES string of the molecule is COc1cc(OC)cc(-n2c(=S)[nH]c3ccc(C)cc32)c1. The summed E-state index contributed by atoms with van der Waals surface area (Å²) in [6, 6.07) is 11.9. The van der Waals surface area contributed by atoms with Crippen molar-refractivity contribution in [1.82, 2.24) is 9.55 Å². The van der Waals surface area contributed by atoms with Crippen LogP contribution in [0.3, 0.4) is 0 Å². The zero-order chi connectivity index (χ0) is 15.0. The lowest BCUT2D eigenvalue weighted by Gasteiger charge is -2.10. The lowest BCUT2D eigenvalue weighted by molar-refractivity contribution is 0.394. The molecule has 5 heteroatoms. The molecule has 0 aliphatic heterocycles. The van der Waals surface area contributed by atoms with Crippen molar-refractivity contribution in [2.24, 2.45) is 0 Å². The van der Waals surface area contributed by atoms with Crippen LogP contribution in [-0.2, 0) is 0 Å². The number of imidazole rings is 1. The number of rotatable bonds is 3. The third kappa shape index (κ3) is 2.40. The number of H-pyrrole nitrogens is 1. The molecule has 1 N–H and O–H groups in total. The minimum absolute atomic E-state index is 0.644. The van der Waals surface area contributed by atoms with Crippen molar-refractivity contribution in [1.29, 1.82) is 0 Å². The van der Waals surface area contributed by atoms with Crippen LogP contribution in [-0.4, -0.2) is 23.8 Å². The van der Waals surface area contributed by atoms with Gasteiger partial charge in [0.1, 0.15) is 11.5 Å². The number of hydrogen-bond acceptors (Lipinski definition) is 3. The molecule has 0 saturated carbocycles. The summed E-state index contributed by atoms with van der Waals surface area (Å²) in [6.45, 7) is 2.06. The average Bonchev–Trinajstić information content (AvgIpc) is 2.81. The van der Waals surface area contributed by atoms with E-state index in [9.17, 15) is 0 Å². The van der Waals surface area contributed by atoms with E-state index in [1.165, 1.54) is 5.56 Å². The number of methoxy groups -OCH3 is 2. The highest BCUT2D eigenvalue weighted by molar-refractivity contribution is 7.71. The lowest BCUT2D eigenvalue weighted by atomic mass is 10.2. The number of fused-ring (bicyclic) bond motifs is 1. The molecule has 1 aromatic heterocycles. The minimum atomic E-state index is 0.644. The average molecular weight is 300 g/mol. The molecule has 0 saturated heterocycles. The fraction of sp³-hybridized carbons (Fsp3) is 0.188. The van der Waals surface area contributed by atoms with E-state index in [1.807, 2.05) is 28.8 Å². The summed E-state index contributed by atoms with van der Waals surface area (Å²) < 4.78 is 13.3. The number of aromatic nitrogens is 2. The number of ether oxygens (including phenoxy) is 2. The Kier molecular flexibility index (Phi) is 3.43. The lowest BCUT2D eigenvalue weighted by Crippen LogP contribution is -1.97. The number of nitrogens with one attached hydrogen (secondary N) is 1. The first-order chi connectivity index (χ1) is 10.1. The normalized spacial score (nSPS) is 10.8. The highest BCUT2D eigenvalue weighted by atomic mass is 32.1. The quantitative estimate of drug-likeness (QED) is 0.743. The number of hydrogen-bond donors (Lipinski definition) is 1. The van der Waals surface area contributed by atoms with Crippen LogP contribution >= 0.6 is 12.2 Å². The predicted molar refractivity (Wildman–Crippen MR) is 86.3 cm³/mol. The first kappa shape index (κ1) is 13.7. The van der Waals surface area contributed by atoms with Crippen LogP contribution in [0.4, 0.5) is 0 Å². The number of nitrogens with zero attached hydrogens (tertiary/aromatic N) is 1. The van der Waals surface area contributed by atoms with Gasteiger partial charge < -0.3 is 14.5 Å². The molecule has 4 nitrogen and oxygen atoms in total. The Hall–Kier alpha value is -2.27. The van der Waals surface area contributed by atoms with Gasteiger partial charge in [0.15, 0.2) is 4.77 Å². The number of aromatic amines is 1. The monoisotopic (exact) mass is 300 g/mol. The zero-order valence-electron chi connectivity index (χ0n) is 12.1. The van der Waals surface area contributed by atoms with Crippen molar-refractivity contribution in [3.05, 3.63) is 46.7 Å². The van der Waals surface area contributed by atoms with E-state index in [0.717, 1.165) is 28.2 Å². The van der Waals surface area contributed by atoms with Gasteiger partial charge in [-0.1, -0.05) is 6.07 Å². The van der Waals surface area contributed by atoms with Crippen molar-refractivity contribution >= 4 is 23.3 Å². The van der Waals surface area contributed by atoms with Crippen molar-refractivity contribution in [2.45, 2.75) is 6.92 Å². The molecule has 3 rings (SSSR count). The summed E-state index contributed by atoms with van der Waals surface area (Å²) in [6.07, 6.45) is 0. The third-order valence-corrected chi connectivity index (χ3v) is 3.72. The highest BCUT2D eigenvalue weighted by Crippen LogP contribution is 2.28. The molecule has 0 aliphatic rings. The van der Waals surface area contributed by atoms with Crippen LogP contribution in [0.25, 0.3) is 16.7 Å². The van der Waals surface area contributed by atoms with E-state index in [1.54, 1.807) is 14.2 Å². The van der Waals surface area contributed by atoms with Gasteiger partial charge in [-0.15, -0.1) is 0 Å². The molecule has 0 bridgehead atoms. The molecule has 0 aliphatic carbocycles. The molecule has 0 radical (unpaired) electrons. The topological polar surface area (TPSA) is 39.2 Å². The molecule has 0 amide bonds. The molecule has 21 heavy (non-hydrogen) atoms. The fourth-order valence-corrected chi connectivity index (χ4v) is 2.70. The zero-order valence-corrected chi connectivity index (χ0v) is 13.0. The molecule has 1 heterocycles. The molecule has 3 aromatic rings. The molecular formula is C16H16N2O2S. The number of benzene rings is 2. The van der Waals surface area contributed by atoms with Gasteiger partial charge in [0.05, 0.1) is 30.9 Å². The Labute approximate surface area is 127 Å². The van der Waals surface area contributed by atoms with Gasteiger partial charge in [0.25, 0.3) is 0 Å². The van der Waals surface area contributed by atoms with Crippen molar-refractivity contribution < 1.29 is 9.47 Å². The maximum Gasteiger partial charge on any atom is 0.182 e. The van der Waals surface area contributed by atoms with Gasteiger partial charge in [-0.05, 0) is 36.8 Å².